The number of nitrogens with two attached hydrogens (primary N) is 1. The van der Waals surface area contributed by atoms with Crippen LogP contribution >= 0.6 is 11.3 Å². The molecule has 2 aromatic heterocycles. The third kappa shape index (κ3) is 2.86. The van der Waals surface area contributed by atoms with Crippen LogP contribution in [0.2, 0.25) is 0 Å². The predicted molar refractivity (Wildman–Crippen MR) is 87.4 cm³/mol. The van der Waals surface area contributed by atoms with Gasteiger partial charge in [-0.15, -0.1) is 11.3 Å². The average Bonchev–Trinajstić information content (AvgIpc) is 2.86. The summed E-state index contributed by atoms with van der Waals surface area (Å²) >= 11 is 1.71. The molecule has 2 heterocycles. The zero-order valence-corrected chi connectivity index (χ0v) is 13.4. The van der Waals surface area contributed by atoms with Crippen molar-refractivity contribution in [2.45, 2.75) is 46.6 Å². The van der Waals surface area contributed by atoms with E-state index in [1.54, 1.807) is 11.3 Å². The fourth-order valence-electron chi connectivity index (χ4n) is 2.26. The summed E-state index contributed by atoms with van der Waals surface area (Å²) in [7, 11) is 0. The third-order valence-electron chi connectivity index (χ3n) is 3.26. The molecule has 0 aromatic carbocycles. The van der Waals surface area contributed by atoms with Gasteiger partial charge in [0.15, 0.2) is 0 Å². The van der Waals surface area contributed by atoms with E-state index in [-0.39, 0.29) is 0 Å². The van der Waals surface area contributed by atoms with Gasteiger partial charge in [-0.1, -0.05) is 13.8 Å². The summed E-state index contributed by atoms with van der Waals surface area (Å²) < 4.78 is 0. The zero-order valence-electron chi connectivity index (χ0n) is 12.6. The molecule has 2 rings (SSSR count). The Kier molecular flexibility index (Phi) is 4.77. The molecule has 0 spiro atoms. The van der Waals surface area contributed by atoms with Gasteiger partial charge in [0.2, 0.25) is 5.95 Å². The number of nitrogens with zero attached hydrogens (tertiary/aromatic N) is 3. The number of aryl methyl sites for hydroxylation is 1. The highest BCUT2D eigenvalue weighted by molar-refractivity contribution is 7.18. The lowest BCUT2D eigenvalue weighted by molar-refractivity contribution is 0.664. The Morgan fingerprint density at radius 3 is 2.65 bits per heavy atom. The highest BCUT2D eigenvalue weighted by Gasteiger charge is 2.18. The van der Waals surface area contributed by atoms with Gasteiger partial charge in [-0.25, -0.2) is 10.8 Å². The van der Waals surface area contributed by atoms with Crippen LogP contribution in [0, 0.1) is 0 Å². The van der Waals surface area contributed by atoms with Crippen molar-refractivity contribution in [3.05, 3.63) is 10.9 Å². The highest BCUT2D eigenvalue weighted by atomic mass is 32.1. The molecule has 0 bridgehead atoms. The number of hydrogen-bond acceptors (Lipinski definition) is 6. The molecule has 110 valence electrons. The number of hydrogen-bond donors (Lipinski definition) is 2. The second-order valence-corrected chi connectivity index (χ2v) is 6.20. The zero-order chi connectivity index (χ0) is 14.7. The Bertz CT molecular complexity index is 578. The smallest absolute Gasteiger partial charge is 0.240 e. The van der Waals surface area contributed by atoms with Crippen LogP contribution in [0.3, 0.4) is 0 Å². The Hall–Kier alpha value is -1.40. The van der Waals surface area contributed by atoms with Crippen LogP contribution in [0.25, 0.3) is 10.2 Å². The fourth-order valence-corrected chi connectivity index (χ4v) is 3.23. The number of rotatable bonds is 6. The third-order valence-corrected chi connectivity index (χ3v) is 4.43. The molecule has 3 N–H and O–H groups in total. The normalized spacial score (nSPS) is 11.3. The summed E-state index contributed by atoms with van der Waals surface area (Å²) in [4.78, 5) is 13.7. The maximum absolute atomic E-state index is 5.51. The first-order chi connectivity index (χ1) is 9.60. The second kappa shape index (κ2) is 6.37. The molecule has 0 fully saturated rings. The molecule has 2 aromatic rings. The van der Waals surface area contributed by atoms with Crippen molar-refractivity contribution in [1.29, 1.82) is 0 Å². The van der Waals surface area contributed by atoms with Crippen LogP contribution in [-0.2, 0) is 6.42 Å². The lowest BCUT2D eigenvalue weighted by Gasteiger charge is -2.28. The van der Waals surface area contributed by atoms with E-state index in [0.717, 1.165) is 35.4 Å². The number of thiophene rings is 1. The first kappa shape index (κ1) is 15.0. The molecule has 0 unspecified atom stereocenters. The predicted octanol–water partition coefficient (Wildman–Crippen LogP) is 3.16. The van der Waals surface area contributed by atoms with Crippen molar-refractivity contribution in [3.8, 4) is 0 Å². The molecular formula is C14H23N5S. The summed E-state index contributed by atoms with van der Waals surface area (Å²) in [6.45, 7) is 9.69. The molecule has 0 saturated carbocycles. The van der Waals surface area contributed by atoms with Gasteiger partial charge >= 0.3 is 0 Å². The lowest BCUT2D eigenvalue weighted by Crippen LogP contribution is -2.32. The van der Waals surface area contributed by atoms with Crippen LogP contribution in [0.4, 0.5) is 11.8 Å². The van der Waals surface area contributed by atoms with Gasteiger partial charge in [-0.05, 0) is 32.8 Å². The van der Waals surface area contributed by atoms with Crippen molar-refractivity contribution in [1.82, 2.24) is 9.97 Å². The minimum atomic E-state index is 0.392. The maximum Gasteiger partial charge on any atom is 0.240 e. The van der Waals surface area contributed by atoms with Crippen molar-refractivity contribution >= 4 is 33.3 Å². The summed E-state index contributed by atoms with van der Waals surface area (Å²) in [5, 5.41) is 1.13. The minimum absolute atomic E-state index is 0.392. The summed E-state index contributed by atoms with van der Waals surface area (Å²) in [6.07, 6.45) is 2.10. The summed E-state index contributed by atoms with van der Waals surface area (Å²) in [6, 6.07) is 2.60. The first-order valence-corrected chi connectivity index (χ1v) is 7.96. The van der Waals surface area contributed by atoms with Crippen LogP contribution in [0.1, 0.15) is 39.0 Å². The van der Waals surface area contributed by atoms with E-state index in [1.807, 2.05) is 0 Å². The Balaban J connectivity index is 2.61. The van der Waals surface area contributed by atoms with E-state index in [1.165, 1.54) is 4.88 Å². The average molecular weight is 293 g/mol. The molecule has 6 heteroatoms. The Labute approximate surface area is 124 Å². The minimum Gasteiger partial charge on any atom is -0.353 e. The van der Waals surface area contributed by atoms with Crippen molar-refractivity contribution in [2.24, 2.45) is 5.84 Å². The van der Waals surface area contributed by atoms with Crippen LogP contribution in [0.5, 0.6) is 0 Å². The van der Waals surface area contributed by atoms with E-state index < -0.39 is 0 Å². The molecule has 0 atom stereocenters. The lowest BCUT2D eigenvalue weighted by atomic mass is 10.2. The fraction of sp³-hybridized carbons (Fsp3) is 0.571. The molecular weight excluding hydrogens is 270 g/mol. The Morgan fingerprint density at radius 2 is 2.10 bits per heavy atom. The standard InChI is InChI=1S/C14H23N5S/c1-5-7-19(9(3)4)12-11-8-10(6-2)20-13(11)17-14(16-12)18-15/h8-9H,5-7,15H2,1-4H3,(H,16,17,18). The SMILES string of the molecule is CCCN(c1nc(NN)nc2sc(CC)cc12)C(C)C. The first-order valence-electron chi connectivity index (χ1n) is 7.14. The Morgan fingerprint density at radius 1 is 1.35 bits per heavy atom. The number of aromatic nitrogens is 2. The quantitative estimate of drug-likeness (QED) is 0.632. The molecule has 0 radical (unpaired) electrons. The molecule has 5 nitrogen and oxygen atoms in total. The van der Waals surface area contributed by atoms with Crippen molar-refractivity contribution in [2.75, 3.05) is 16.9 Å². The molecule has 0 aliphatic heterocycles. The van der Waals surface area contributed by atoms with E-state index in [4.69, 9.17) is 5.84 Å². The number of nitrogens with one attached hydrogen (secondary N) is 1. The van der Waals surface area contributed by atoms with Crippen molar-refractivity contribution in [3.63, 3.8) is 0 Å². The molecule has 0 saturated heterocycles. The van der Waals surface area contributed by atoms with Gasteiger partial charge in [-0.3, -0.25) is 5.43 Å². The summed E-state index contributed by atoms with van der Waals surface area (Å²) in [5.74, 6) is 6.98. The number of fused-ring (bicyclic) bond motifs is 1. The molecule has 0 aliphatic carbocycles. The summed E-state index contributed by atoms with van der Waals surface area (Å²) in [5.41, 5.74) is 2.58. The topological polar surface area (TPSA) is 67.1 Å². The highest BCUT2D eigenvalue weighted by Crippen LogP contribution is 2.33. The number of anilines is 2. The van der Waals surface area contributed by atoms with Gasteiger partial charge in [-0.2, -0.15) is 4.98 Å². The van der Waals surface area contributed by atoms with Crippen LogP contribution in [0.15, 0.2) is 6.07 Å². The van der Waals surface area contributed by atoms with Gasteiger partial charge in [0.1, 0.15) is 10.6 Å². The maximum atomic E-state index is 5.51. The largest absolute Gasteiger partial charge is 0.353 e. The van der Waals surface area contributed by atoms with Gasteiger partial charge in [0, 0.05) is 17.5 Å². The number of hydrazine groups is 1. The van der Waals surface area contributed by atoms with Crippen LogP contribution in [-0.4, -0.2) is 22.6 Å². The van der Waals surface area contributed by atoms with E-state index in [0.29, 0.717) is 12.0 Å². The van der Waals surface area contributed by atoms with Crippen LogP contribution < -0.4 is 16.2 Å². The van der Waals surface area contributed by atoms with E-state index >= 15 is 0 Å². The molecule has 0 amide bonds. The van der Waals surface area contributed by atoms with Gasteiger partial charge in [0.05, 0.1) is 5.39 Å². The second-order valence-electron chi connectivity index (χ2n) is 5.09. The van der Waals surface area contributed by atoms with E-state index in [9.17, 15) is 0 Å². The monoisotopic (exact) mass is 293 g/mol. The molecule has 0 aliphatic rings. The van der Waals surface area contributed by atoms with E-state index in [2.05, 4.69) is 54.1 Å². The van der Waals surface area contributed by atoms with Gasteiger partial charge < -0.3 is 4.90 Å². The van der Waals surface area contributed by atoms with Crippen molar-refractivity contribution < 1.29 is 0 Å². The molecule has 20 heavy (non-hydrogen) atoms. The number of nitrogen functional groups attached to an aromatic ring is 1. The van der Waals surface area contributed by atoms with Gasteiger partial charge in [0.25, 0.3) is 0 Å².